The second-order valence-electron chi connectivity index (χ2n) is 7.92. The van der Waals surface area contributed by atoms with E-state index in [1.54, 1.807) is 18.9 Å². The molecule has 0 heterocycles. The molecule has 168 valence electrons. The molecule has 2 aromatic carbocycles. The zero-order valence-electron chi connectivity index (χ0n) is 19.4. The predicted octanol–water partition coefficient (Wildman–Crippen LogP) is 4.02. The number of amides is 2. The van der Waals surface area contributed by atoms with E-state index in [1.807, 2.05) is 70.2 Å². The first-order chi connectivity index (χ1) is 14.7. The van der Waals surface area contributed by atoms with Crippen molar-refractivity contribution in [1.29, 1.82) is 0 Å². The fourth-order valence-electron chi connectivity index (χ4n) is 3.06. The van der Waals surface area contributed by atoms with Gasteiger partial charge in [0.25, 0.3) is 5.91 Å². The summed E-state index contributed by atoms with van der Waals surface area (Å²) in [6, 6.07) is 12.8. The van der Waals surface area contributed by atoms with Gasteiger partial charge in [-0.2, -0.15) is 0 Å². The Morgan fingerprint density at radius 3 is 2.35 bits per heavy atom. The van der Waals surface area contributed by atoms with Crippen molar-refractivity contribution < 1.29 is 19.1 Å². The Kier molecular flexibility index (Phi) is 8.91. The van der Waals surface area contributed by atoms with Gasteiger partial charge in [0.05, 0.1) is 7.11 Å². The maximum absolute atomic E-state index is 13.1. The van der Waals surface area contributed by atoms with E-state index in [9.17, 15) is 9.59 Å². The third-order valence-corrected chi connectivity index (χ3v) is 5.38. The van der Waals surface area contributed by atoms with E-state index in [0.29, 0.717) is 12.3 Å². The zero-order valence-corrected chi connectivity index (χ0v) is 19.4. The van der Waals surface area contributed by atoms with Crippen LogP contribution in [0.5, 0.6) is 11.5 Å². The summed E-state index contributed by atoms with van der Waals surface area (Å²) in [6.07, 6.45) is 0.820. The molecule has 6 heteroatoms. The molecule has 0 saturated carbocycles. The SMILES string of the molecule is CCC(C)NC(=O)C(C)N(Cc1ccc(OC)cc1)C(=O)COc1cc(C)ccc1C. The van der Waals surface area contributed by atoms with Crippen molar-refractivity contribution in [3.05, 3.63) is 59.2 Å². The van der Waals surface area contributed by atoms with Gasteiger partial charge in [0, 0.05) is 12.6 Å². The first-order valence-corrected chi connectivity index (χ1v) is 10.7. The second kappa shape index (κ2) is 11.4. The van der Waals surface area contributed by atoms with Crippen LogP contribution in [0.3, 0.4) is 0 Å². The number of hydrogen-bond donors (Lipinski definition) is 1. The van der Waals surface area contributed by atoms with Crippen LogP contribution in [0.2, 0.25) is 0 Å². The molecule has 0 fully saturated rings. The van der Waals surface area contributed by atoms with Gasteiger partial charge in [-0.05, 0) is 69.0 Å². The summed E-state index contributed by atoms with van der Waals surface area (Å²) >= 11 is 0. The molecule has 2 unspecified atom stereocenters. The van der Waals surface area contributed by atoms with Crippen molar-refractivity contribution in [2.75, 3.05) is 13.7 Å². The largest absolute Gasteiger partial charge is 0.497 e. The normalized spacial score (nSPS) is 12.6. The topological polar surface area (TPSA) is 67.9 Å². The van der Waals surface area contributed by atoms with Crippen molar-refractivity contribution in [3.63, 3.8) is 0 Å². The van der Waals surface area contributed by atoms with Gasteiger partial charge in [0.2, 0.25) is 5.91 Å². The van der Waals surface area contributed by atoms with E-state index in [2.05, 4.69) is 5.32 Å². The van der Waals surface area contributed by atoms with E-state index < -0.39 is 6.04 Å². The highest BCUT2D eigenvalue weighted by Gasteiger charge is 2.27. The van der Waals surface area contributed by atoms with Gasteiger partial charge in [-0.15, -0.1) is 0 Å². The maximum Gasteiger partial charge on any atom is 0.261 e. The molecule has 0 aliphatic carbocycles. The predicted molar refractivity (Wildman–Crippen MR) is 122 cm³/mol. The molecule has 2 aromatic rings. The van der Waals surface area contributed by atoms with Crippen LogP contribution in [0.25, 0.3) is 0 Å². The number of benzene rings is 2. The summed E-state index contributed by atoms with van der Waals surface area (Å²) in [6.45, 7) is 9.78. The van der Waals surface area contributed by atoms with Crippen molar-refractivity contribution in [2.45, 2.75) is 59.7 Å². The first-order valence-electron chi connectivity index (χ1n) is 10.7. The number of rotatable bonds is 10. The van der Waals surface area contributed by atoms with Crippen LogP contribution in [0.1, 0.15) is 43.9 Å². The summed E-state index contributed by atoms with van der Waals surface area (Å²) in [7, 11) is 1.61. The third-order valence-electron chi connectivity index (χ3n) is 5.38. The average molecular weight is 427 g/mol. The quantitative estimate of drug-likeness (QED) is 0.623. The van der Waals surface area contributed by atoms with Crippen molar-refractivity contribution in [3.8, 4) is 11.5 Å². The number of methoxy groups -OCH3 is 1. The van der Waals surface area contributed by atoms with Crippen LogP contribution in [0, 0.1) is 13.8 Å². The molecule has 0 aromatic heterocycles. The highest BCUT2D eigenvalue weighted by atomic mass is 16.5. The highest BCUT2D eigenvalue weighted by Crippen LogP contribution is 2.20. The summed E-state index contributed by atoms with van der Waals surface area (Å²) in [4.78, 5) is 27.5. The Morgan fingerprint density at radius 1 is 1.06 bits per heavy atom. The standard InChI is InChI=1S/C25H34N2O4/c1-7-19(4)26-25(29)20(5)27(15-21-10-12-22(30-6)13-11-21)24(28)16-31-23-14-17(2)8-9-18(23)3/h8-14,19-20H,7,15-16H2,1-6H3,(H,26,29). The average Bonchev–Trinajstić information content (AvgIpc) is 2.77. The van der Waals surface area contributed by atoms with Crippen LogP contribution in [-0.4, -0.2) is 42.5 Å². The fraction of sp³-hybridized carbons (Fsp3) is 0.440. The molecular weight excluding hydrogens is 392 g/mol. The maximum atomic E-state index is 13.1. The number of ether oxygens (including phenoxy) is 2. The van der Waals surface area contributed by atoms with Gasteiger partial charge < -0.3 is 19.7 Å². The molecule has 2 rings (SSSR count). The van der Waals surface area contributed by atoms with Gasteiger partial charge in [-0.1, -0.05) is 31.2 Å². The van der Waals surface area contributed by atoms with E-state index in [-0.39, 0.29) is 24.5 Å². The Morgan fingerprint density at radius 2 is 1.74 bits per heavy atom. The van der Waals surface area contributed by atoms with E-state index >= 15 is 0 Å². The number of carbonyl (C=O) groups is 2. The van der Waals surface area contributed by atoms with Crippen molar-refractivity contribution >= 4 is 11.8 Å². The molecular formula is C25H34N2O4. The zero-order chi connectivity index (χ0) is 23.0. The smallest absolute Gasteiger partial charge is 0.261 e. The number of aryl methyl sites for hydroxylation is 2. The lowest BCUT2D eigenvalue weighted by Gasteiger charge is -2.29. The van der Waals surface area contributed by atoms with E-state index in [4.69, 9.17) is 9.47 Å². The lowest BCUT2D eigenvalue weighted by Crippen LogP contribution is -2.50. The van der Waals surface area contributed by atoms with Gasteiger partial charge in [-0.3, -0.25) is 9.59 Å². The number of nitrogens with zero attached hydrogens (tertiary/aromatic N) is 1. The molecule has 0 aliphatic rings. The fourth-order valence-corrected chi connectivity index (χ4v) is 3.06. The van der Waals surface area contributed by atoms with Crippen LogP contribution >= 0.6 is 0 Å². The number of nitrogens with one attached hydrogen (secondary N) is 1. The lowest BCUT2D eigenvalue weighted by molar-refractivity contribution is -0.142. The van der Waals surface area contributed by atoms with Crippen molar-refractivity contribution in [2.24, 2.45) is 0 Å². The molecule has 6 nitrogen and oxygen atoms in total. The van der Waals surface area contributed by atoms with Crippen molar-refractivity contribution in [1.82, 2.24) is 10.2 Å². The third kappa shape index (κ3) is 7.02. The summed E-state index contributed by atoms with van der Waals surface area (Å²) in [5.41, 5.74) is 2.93. The molecule has 2 amide bonds. The minimum atomic E-state index is -0.634. The Balaban J connectivity index is 2.18. The highest BCUT2D eigenvalue weighted by molar-refractivity contribution is 5.88. The van der Waals surface area contributed by atoms with E-state index in [1.165, 1.54) is 0 Å². The Hall–Kier alpha value is -3.02. The Bertz CT molecular complexity index is 880. The van der Waals surface area contributed by atoms with Crippen LogP contribution in [0.15, 0.2) is 42.5 Å². The molecule has 0 radical (unpaired) electrons. The summed E-state index contributed by atoms with van der Waals surface area (Å²) < 4.78 is 11.0. The molecule has 31 heavy (non-hydrogen) atoms. The lowest BCUT2D eigenvalue weighted by atomic mass is 10.1. The second-order valence-corrected chi connectivity index (χ2v) is 7.92. The van der Waals surface area contributed by atoms with Gasteiger partial charge in [-0.25, -0.2) is 0 Å². The Labute approximate surface area is 185 Å². The summed E-state index contributed by atoms with van der Waals surface area (Å²) in [5, 5.41) is 2.97. The van der Waals surface area contributed by atoms with Crippen LogP contribution in [-0.2, 0) is 16.1 Å². The summed E-state index contributed by atoms with van der Waals surface area (Å²) in [5.74, 6) is 0.989. The van der Waals surface area contributed by atoms with Crippen LogP contribution < -0.4 is 14.8 Å². The molecule has 2 atom stereocenters. The van der Waals surface area contributed by atoms with Gasteiger partial charge in [0.1, 0.15) is 17.5 Å². The molecule has 0 aliphatic heterocycles. The van der Waals surface area contributed by atoms with Gasteiger partial charge >= 0.3 is 0 Å². The molecule has 1 N–H and O–H groups in total. The van der Waals surface area contributed by atoms with Crippen LogP contribution in [0.4, 0.5) is 0 Å². The molecule has 0 bridgehead atoms. The van der Waals surface area contributed by atoms with E-state index in [0.717, 1.165) is 28.9 Å². The minimum Gasteiger partial charge on any atom is -0.497 e. The number of carbonyl (C=O) groups excluding carboxylic acids is 2. The molecule has 0 spiro atoms. The first kappa shape index (κ1) is 24.3. The van der Waals surface area contributed by atoms with Gasteiger partial charge in [0.15, 0.2) is 6.61 Å². The molecule has 0 saturated heterocycles. The minimum absolute atomic E-state index is 0.0408. The monoisotopic (exact) mass is 426 g/mol. The number of hydrogen-bond acceptors (Lipinski definition) is 4.